The number of hydrogen-bond donors (Lipinski definition) is 0. The first-order chi connectivity index (χ1) is 12.2. The molecule has 0 saturated carbocycles. The fourth-order valence-corrected chi connectivity index (χ4v) is 3.63. The minimum atomic E-state index is -0.572. The molecule has 4 nitrogen and oxygen atoms in total. The highest BCUT2D eigenvalue weighted by atomic mass is 32.1. The van der Waals surface area contributed by atoms with E-state index in [-0.39, 0.29) is 6.54 Å². The Labute approximate surface area is 156 Å². The van der Waals surface area contributed by atoms with E-state index in [0.717, 1.165) is 26.8 Å². The maximum Gasteiger partial charge on any atom is 0.410 e. The third kappa shape index (κ3) is 4.02. The molecule has 0 N–H and O–H groups in total. The Bertz CT molecular complexity index is 946. The molecule has 0 unspecified atom stereocenters. The summed E-state index contributed by atoms with van der Waals surface area (Å²) in [4.78, 5) is 17.5. The fourth-order valence-electron chi connectivity index (χ4n) is 2.70. The number of carbonyl (C=O) groups excluding carboxylic acids is 1. The van der Waals surface area contributed by atoms with Crippen LogP contribution in [-0.4, -0.2) is 28.6 Å². The van der Waals surface area contributed by atoms with Gasteiger partial charge in [-0.15, -0.1) is 11.3 Å². The van der Waals surface area contributed by atoms with Crippen LogP contribution in [0.5, 0.6) is 0 Å². The molecule has 0 aliphatic carbocycles. The number of rotatable bonds is 3. The Balaban J connectivity index is 1.97. The third-order valence-electron chi connectivity index (χ3n) is 3.83. The molecule has 136 valence electrons. The molecular formula is C20H21FN2O2S. The Morgan fingerprint density at radius 1 is 1.27 bits per heavy atom. The number of pyridine rings is 1. The van der Waals surface area contributed by atoms with Gasteiger partial charge in [0, 0.05) is 29.6 Å². The second-order valence-electron chi connectivity index (χ2n) is 7.15. The van der Waals surface area contributed by atoms with E-state index in [0.29, 0.717) is 0 Å². The van der Waals surface area contributed by atoms with Crippen LogP contribution in [0.3, 0.4) is 0 Å². The topological polar surface area (TPSA) is 42.4 Å². The van der Waals surface area contributed by atoms with Crippen molar-refractivity contribution in [3.8, 4) is 11.1 Å². The molecule has 0 aliphatic heterocycles. The minimum absolute atomic E-state index is 0.277. The summed E-state index contributed by atoms with van der Waals surface area (Å²) in [7, 11) is 1.66. The summed E-state index contributed by atoms with van der Waals surface area (Å²) < 4.78 is 20.3. The van der Waals surface area contributed by atoms with Crippen molar-refractivity contribution in [2.24, 2.45) is 0 Å². The molecule has 2 aromatic heterocycles. The van der Waals surface area contributed by atoms with Gasteiger partial charge < -0.3 is 9.64 Å². The summed E-state index contributed by atoms with van der Waals surface area (Å²) in [6.07, 6.45) is 1.06. The molecule has 0 aliphatic rings. The maximum absolute atomic E-state index is 13.9. The number of ether oxygens (including phenoxy) is 1. The van der Waals surface area contributed by atoms with Crippen molar-refractivity contribution in [2.75, 3.05) is 7.05 Å². The van der Waals surface area contributed by atoms with Gasteiger partial charge in [0.1, 0.15) is 5.60 Å². The molecule has 1 amide bonds. The number of aromatic nitrogens is 1. The second kappa shape index (κ2) is 7.03. The maximum atomic E-state index is 13.9. The predicted octanol–water partition coefficient (Wildman–Crippen LogP) is 5.47. The van der Waals surface area contributed by atoms with E-state index < -0.39 is 17.6 Å². The lowest BCUT2D eigenvalue weighted by Crippen LogP contribution is -2.34. The van der Waals surface area contributed by atoms with E-state index >= 15 is 0 Å². The summed E-state index contributed by atoms with van der Waals surface area (Å²) in [5.74, 6) is -0.544. The normalized spacial score (nSPS) is 11.6. The standard InChI is InChI=1S/C20H21FN2O2S/c1-20(2,3)25-19(24)23(4)12-14-11-22-17(21)10-16(14)15-7-5-6-13-8-9-26-18(13)15/h5-11H,12H2,1-4H3. The van der Waals surface area contributed by atoms with Crippen LogP contribution in [0.4, 0.5) is 9.18 Å². The lowest BCUT2D eigenvalue weighted by molar-refractivity contribution is 0.0285. The first-order valence-corrected chi connectivity index (χ1v) is 9.18. The number of carbonyl (C=O) groups is 1. The van der Waals surface area contributed by atoms with Crippen molar-refractivity contribution in [2.45, 2.75) is 32.9 Å². The van der Waals surface area contributed by atoms with Gasteiger partial charge in [-0.05, 0) is 48.7 Å². The van der Waals surface area contributed by atoms with Gasteiger partial charge in [-0.3, -0.25) is 0 Å². The molecule has 26 heavy (non-hydrogen) atoms. The highest BCUT2D eigenvalue weighted by Gasteiger charge is 2.21. The van der Waals surface area contributed by atoms with Crippen LogP contribution in [0.25, 0.3) is 21.2 Å². The van der Waals surface area contributed by atoms with E-state index in [9.17, 15) is 9.18 Å². The molecule has 2 heterocycles. The van der Waals surface area contributed by atoms with Crippen LogP contribution in [0.1, 0.15) is 26.3 Å². The van der Waals surface area contributed by atoms with E-state index in [1.807, 2.05) is 50.4 Å². The predicted molar refractivity (Wildman–Crippen MR) is 103 cm³/mol. The van der Waals surface area contributed by atoms with Crippen molar-refractivity contribution in [1.29, 1.82) is 0 Å². The Kier molecular flexibility index (Phi) is 4.96. The van der Waals surface area contributed by atoms with Gasteiger partial charge in [-0.25, -0.2) is 9.78 Å². The monoisotopic (exact) mass is 372 g/mol. The number of thiophene rings is 1. The van der Waals surface area contributed by atoms with Gasteiger partial charge in [0.25, 0.3) is 0 Å². The zero-order valence-electron chi connectivity index (χ0n) is 15.2. The largest absolute Gasteiger partial charge is 0.444 e. The Morgan fingerprint density at radius 3 is 2.77 bits per heavy atom. The molecule has 0 saturated heterocycles. The summed E-state index contributed by atoms with van der Waals surface area (Å²) in [5, 5.41) is 3.12. The summed E-state index contributed by atoms with van der Waals surface area (Å²) in [6, 6.07) is 9.40. The van der Waals surface area contributed by atoms with E-state index in [4.69, 9.17) is 4.74 Å². The van der Waals surface area contributed by atoms with Crippen LogP contribution < -0.4 is 0 Å². The van der Waals surface area contributed by atoms with Gasteiger partial charge in [0.05, 0.1) is 6.54 Å². The first-order valence-electron chi connectivity index (χ1n) is 8.30. The highest BCUT2D eigenvalue weighted by Crippen LogP contribution is 2.34. The third-order valence-corrected chi connectivity index (χ3v) is 4.80. The average molecular weight is 372 g/mol. The number of halogens is 1. The van der Waals surface area contributed by atoms with Crippen LogP contribution in [0.2, 0.25) is 0 Å². The van der Waals surface area contributed by atoms with Crippen molar-refractivity contribution >= 4 is 27.5 Å². The zero-order valence-corrected chi connectivity index (χ0v) is 16.1. The molecule has 0 fully saturated rings. The Hall–Kier alpha value is -2.47. The van der Waals surface area contributed by atoms with E-state index in [1.165, 1.54) is 17.2 Å². The number of amides is 1. The van der Waals surface area contributed by atoms with Crippen LogP contribution >= 0.6 is 11.3 Å². The van der Waals surface area contributed by atoms with E-state index in [2.05, 4.69) is 4.98 Å². The summed E-state index contributed by atoms with van der Waals surface area (Å²) in [6.45, 7) is 5.74. The molecule has 0 radical (unpaired) electrons. The number of nitrogens with zero attached hydrogens (tertiary/aromatic N) is 2. The lowest BCUT2D eigenvalue weighted by Gasteiger charge is -2.25. The molecule has 6 heteroatoms. The molecule has 3 rings (SSSR count). The highest BCUT2D eigenvalue weighted by molar-refractivity contribution is 7.17. The van der Waals surface area contributed by atoms with Crippen molar-refractivity contribution < 1.29 is 13.9 Å². The molecule has 3 aromatic rings. The van der Waals surface area contributed by atoms with Crippen molar-refractivity contribution in [3.63, 3.8) is 0 Å². The van der Waals surface area contributed by atoms with Crippen molar-refractivity contribution in [3.05, 3.63) is 53.4 Å². The van der Waals surface area contributed by atoms with Gasteiger partial charge in [-0.2, -0.15) is 4.39 Å². The SMILES string of the molecule is CN(Cc1cnc(F)cc1-c1cccc2ccsc12)C(=O)OC(C)(C)C. The quantitative estimate of drug-likeness (QED) is 0.573. The van der Waals surface area contributed by atoms with Gasteiger partial charge in [0.2, 0.25) is 5.95 Å². The molecule has 0 atom stereocenters. The summed E-state index contributed by atoms with van der Waals surface area (Å²) in [5.41, 5.74) is 1.87. The fraction of sp³-hybridized carbons (Fsp3) is 0.300. The summed E-state index contributed by atoms with van der Waals surface area (Å²) >= 11 is 1.61. The Morgan fingerprint density at radius 2 is 2.04 bits per heavy atom. The van der Waals surface area contributed by atoms with Gasteiger partial charge in [0.15, 0.2) is 0 Å². The molecular weight excluding hydrogens is 351 g/mol. The number of fused-ring (bicyclic) bond motifs is 1. The smallest absolute Gasteiger partial charge is 0.410 e. The minimum Gasteiger partial charge on any atom is -0.444 e. The van der Waals surface area contributed by atoms with Gasteiger partial charge in [-0.1, -0.05) is 18.2 Å². The second-order valence-corrected chi connectivity index (χ2v) is 8.06. The lowest BCUT2D eigenvalue weighted by atomic mass is 10.00. The molecule has 1 aromatic carbocycles. The number of benzene rings is 1. The van der Waals surface area contributed by atoms with Crippen molar-refractivity contribution in [1.82, 2.24) is 9.88 Å². The number of hydrogen-bond acceptors (Lipinski definition) is 4. The van der Waals surface area contributed by atoms with E-state index in [1.54, 1.807) is 18.4 Å². The molecule has 0 spiro atoms. The molecule has 0 bridgehead atoms. The van der Waals surface area contributed by atoms with Crippen LogP contribution in [0.15, 0.2) is 41.9 Å². The van der Waals surface area contributed by atoms with Crippen LogP contribution in [-0.2, 0) is 11.3 Å². The average Bonchev–Trinajstić information content (AvgIpc) is 3.03. The van der Waals surface area contributed by atoms with Crippen LogP contribution in [0, 0.1) is 5.95 Å². The first kappa shape index (κ1) is 18.3. The van der Waals surface area contributed by atoms with Gasteiger partial charge >= 0.3 is 6.09 Å². The zero-order chi connectivity index (χ0) is 18.9.